The smallest absolute Gasteiger partial charge is 0.137 e. The maximum atomic E-state index is 10.9. The van der Waals surface area contributed by atoms with Crippen LogP contribution in [0, 0.1) is 0 Å². The zero-order chi connectivity index (χ0) is 72.3. The average Bonchev–Trinajstić information content (AvgIpc) is 1.54. The molecule has 1 atom stereocenters. The lowest BCUT2D eigenvalue weighted by Gasteiger charge is -2.40. The fourth-order valence-corrected chi connectivity index (χ4v) is 9.45. The molecule has 14 rings (SSSR count). The fourth-order valence-electron chi connectivity index (χ4n) is 9.45. The summed E-state index contributed by atoms with van der Waals surface area (Å²) in [5.41, 5.74) is -18.2. The van der Waals surface area contributed by atoms with Crippen LogP contribution in [0.2, 0.25) is 0 Å². The highest BCUT2D eigenvalue weighted by Crippen LogP contribution is 2.63. The van der Waals surface area contributed by atoms with Crippen molar-refractivity contribution in [1.82, 2.24) is 0 Å². The predicted molar refractivity (Wildman–Crippen MR) is 263 cm³/mol. The van der Waals surface area contributed by atoms with Gasteiger partial charge in [0.1, 0.15) is 22.7 Å². The minimum Gasteiger partial charge on any atom is -0.457 e. The Morgan fingerprint density at radius 1 is 0.354 bits per heavy atom. The summed E-state index contributed by atoms with van der Waals surface area (Å²) < 4.78 is 332. The third-order valence-corrected chi connectivity index (χ3v) is 12.0. The first-order chi connectivity index (χ1) is 46.3. The molecule has 0 saturated heterocycles. The van der Waals surface area contributed by atoms with Crippen LogP contribution in [0.1, 0.15) is 91.1 Å². The Balaban J connectivity index is 1.24. The van der Waals surface area contributed by atoms with Crippen molar-refractivity contribution in [3.05, 3.63) is 280 Å². The van der Waals surface area contributed by atoms with Crippen molar-refractivity contribution in [1.29, 1.82) is 0 Å². The van der Waals surface area contributed by atoms with Crippen molar-refractivity contribution < 1.29 is 55.8 Å². The summed E-state index contributed by atoms with van der Waals surface area (Å²) in [7, 11) is 0. The predicted octanol–water partition coefficient (Wildman–Crippen LogP) is 15.9. The van der Waals surface area contributed by atoms with Gasteiger partial charge in [-0.2, -0.15) is 0 Å². The van der Waals surface area contributed by atoms with E-state index in [1.54, 1.807) is 0 Å². The summed E-state index contributed by atoms with van der Waals surface area (Å²) in [4.78, 5) is 0.625. The number of anilines is 3. The Morgan fingerprint density at radius 2 is 0.954 bits per heavy atom. The summed E-state index contributed by atoms with van der Waals surface area (Å²) >= 11 is 0. The van der Waals surface area contributed by atoms with Crippen LogP contribution in [-0.2, 0) is 10.8 Å². The second kappa shape index (κ2) is 13.6. The van der Waals surface area contributed by atoms with Crippen molar-refractivity contribution in [2.24, 2.45) is 0 Å². The molecule has 3 nitrogen and oxygen atoms in total. The van der Waals surface area contributed by atoms with Gasteiger partial charge >= 0.3 is 0 Å². The highest BCUT2D eigenvalue weighted by atomic mass is 16.5. The molecular weight excluding hydrogens is 791 g/mol. The molecule has 304 valence electrons. The largest absolute Gasteiger partial charge is 0.457 e. The molecule has 0 amide bonds. The first-order valence-corrected chi connectivity index (χ1v) is 19.6. The quantitative estimate of drug-likeness (QED) is 0.172. The molecule has 1 spiro atoms. The van der Waals surface area contributed by atoms with E-state index in [2.05, 4.69) is 0 Å². The molecule has 65 heavy (non-hydrogen) atoms. The number of ether oxygens (including phenoxy) is 1. The second-order valence-corrected chi connectivity index (χ2v) is 14.9. The number of benzene rings is 10. The molecular formula is C62H39NO2. The monoisotopic (exact) mass is 864 g/mol. The number of rotatable bonds is 5. The van der Waals surface area contributed by atoms with E-state index in [0.29, 0.717) is 4.90 Å². The lowest BCUT2D eigenvalue weighted by atomic mass is 9.66. The molecule has 0 fully saturated rings. The highest BCUT2D eigenvalue weighted by molar-refractivity contribution is 6.06. The van der Waals surface area contributed by atoms with Gasteiger partial charge < -0.3 is 14.1 Å². The third-order valence-electron chi connectivity index (χ3n) is 12.0. The summed E-state index contributed by atoms with van der Waals surface area (Å²) in [6.45, 7) is 0. The van der Waals surface area contributed by atoms with E-state index < -0.39 is 334 Å². The number of para-hydroxylation sites is 2. The zero-order valence-corrected chi connectivity index (χ0v) is 32.7. The Kier molecular flexibility index (Phi) is 3.40. The maximum Gasteiger partial charge on any atom is 0.137 e. The minimum absolute atomic E-state index is 0.431. The van der Waals surface area contributed by atoms with Crippen LogP contribution in [0.5, 0.6) is 11.5 Å². The van der Waals surface area contributed by atoms with Gasteiger partial charge in [-0.1, -0.05) is 175 Å². The SMILES string of the molecule is [2H]c1cc(C2(c3cc([2H])c([2H])c(N(c4cc5c(c([2H])c4[2H])Oc4c([2H])c([2H])c([2H])c([2H])c4C54c5c([2H])c([2H])c([2H])c([2H])c5-c5c([2H])c([2H])c([2H])c([2H])c54)c4cc([2H])c5c(oc6c([2H])c([2H])c([2H])c([2H])c65)c4[2H])c3[2H])c3cc([2H])c([2H])c([2H])c3-c3c([2H])c([2H])c([2H])c([2H])c32)c([2H])c([2H])c1[2H]. The number of fused-ring (bicyclic) bond motifs is 15. The molecule has 10 aromatic carbocycles. The van der Waals surface area contributed by atoms with Gasteiger partial charge in [0.05, 0.1) is 57.4 Å². The molecule has 2 heterocycles. The molecule has 3 heteroatoms. The van der Waals surface area contributed by atoms with E-state index in [1.165, 1.54) is 0 Å². The summed E-state index contributed by atoms with van der Waals surface area (Å²) in [5, 5.41) is -0.882. The Bertz CT molecular complexity index is 5680. The molecule has 0 saturated carbocycles. The van der Waals surface area contributed by atoms with Gasteiger partial charge in [-0.15, -0.1) is 0 Å². The first-order valence-electron chi connectivity index (χ1n) is 36.6. The van der Waals surface area contributed by atoms with Crippen LogP contribution < -0.4 is 9.64 Å². The molecule has 2 aliphatic carbocycles. The number of hydrogen-bond acceptors (Lipinski definition) is 3. The van der Waals surface area contributed by atoms with E-state index in [9.17, 15) is 26.0 Å². The van der Waals surface area contributed by atoms with Gasteiger partial charge in [-0.05, 0) is 110 Å². The first kappa shape index (κ1) is 16.3. The van der Waals surface area contributed by atoms with Gasteiger partial charge in [0, 0.05) is 45.0 Å². The maximum absolute atomic E-state index is 10.9. The highest BCUT2D eigenvalue weighted by Gasteiger charge is 2.51. The van der Waals surface area contributed by atoms with Crippen LogP contribution in [0.25, 0.3) is 44.2 Å². The van der Waals surface area contributed by atoms with Gasteiger partial charge in [0.25, 0.3) is 0 Å². The molecule has 0 N–H and O–H groups in total. The normalized spacial score (nSPS) is 23.0. The fraction of sp³-hybridized carbons (Fsp3) is 0.0323. The van der Waals surface area contributed by atoms with E-state index in [-0.39, 0.29) is 0 Å². The Morgan fingerprint density at radius 3 is 1.75 bits per heavy atom. The lowest BCUT2D eigenvalue weighted by Crippen LogP contribution is -2.32. The van der Waals surface area contributed by atoms with Crippen LogP contribution in [0.3, 0.4) is 0 Å². The van der Waals surface area contributed by atoms with Gasteiger partial charge in [0.2, 0.25) is 0 Å². The van der Waals surface area contributed by atoms with Crippen LogP contribution in [0.15, 0.2) is 240 Å². The number of furan rings is 1. The molecule has 11 aromatic rings. The Labute approximate surface area is 424 Å². The van der Waals surface area contributed by atoms with Crippen molar-refractivity contribution in [3.63, 3.8) is 0 Å². The van der Waals surface area contributed by atoms with Crippen LogP contribution in [0.4, 0.5) is 17.1 Å². The van der Waals surface area contributed by atoms with Crippen molar-refractivity contribution >= 4 is 39.0 Å². The minimum atomic E-state index is -3.01. The molecule has 1 aromatic heterocycles. The molecule has 0 bridgehead atoms. The van der Waals surface area contributed by atoms with Crippen LogP contribution >= 0.6 is 0 Å². The topological polar surface area (TPSA) is 25.6 Å². The zero-order valence-electron chi connectivity index (χ0n) is 66.7. The van der Waals surface area contributed by atoms with Gasteiger partial charge in [-0.3, -0.25) is 0 Å². The number of nitrogens with zero attached hydrogens (tertiary/aromatic N) is 1. The third kappa shape index (κ3) is 4.84. The van der Waals surface area contributed by atoms with Gasteiger partial charge in [0.15, 0.2) is 0 Å². The average molecular weight is 864 g/mol. The summed E-state index contributed by atoms with van der Waals surface area (Å²) in [6.07, 6.45) is 0. The van der Waals surface area contributed by atoms with Crippen molar-refractivity contribution in [3.8, 4) is 33.8 Å². The van der Waals surface area contributed by atoms with E-state index >= 15 is 0 Å². The van der Waals surface area contributed by atoms with Gasteiger partial charge in [-0.25, -0.2) is 0 Å². The van der Waals surface area contributed by atoms with Crippen molar-refractivity contribution in [2.75, 3.05) is 4.90 Å². The van der Waals surface area contributed by atoms with E-state index in [1.807, 2.05) is 0 Å². The standard InChI is InChI=1S/C62H39NO2/c1-2-17-40(18-3-1)61(51-26-9-4-21-45(51)46-22-5-10-27-52(46)61)41-19-16-20-42(37-41)63(44-33-35-50-49-25-8-14-31-57(49)64-60(50)39-44)43-34-36-59-56(38-43)62(55-30-13-15-32-58(55)65-59)53-28-11-6-23-47(53)48-24-7-12-29-54(48)62/h1-39H/i1D,2D,3D,4D,5D,6D,7D,8D,9D,10D,11D,12D,13D,14D,15D,16D,17D,20D,21D,22D,23D,24D,25D,26D,28D,29D,30D,31D,32D,34D,35D,36D,37D,39D. The molecule has 3 aliphatic rings. The summed E-state index contributed by atoms with van der Waals surface area (Å²) in [5.74, 6) is -1.77. The molecule has 1 aliphatic heterocycles. The lowest BCUT2D eigenvalue weighted by molar-refractivity contribution is 0.436. The second-order valence-electron chi connectivity index (χ2n) is 14.9. The van der Waals surface area contributed by atoms with Crippen molar-refractivity contribution in [2.45, 2.75) is 10.8 Å². The van der Waals surface area contributed by atoms with Crippen LogP contribution in [-0.4, -0.2) is 0 Å². The van der Waals surface area contributed by atoms with E-state index in [4.69, 9.17) is 29.7 Å². The van der Waals surface area contributed by atoms with E-state index in [0.717, 1.165) is 30.3 Å². The number of hydrogen-bond donors (Lipinski definition) is 0. The summed E-state index contributed by atoms with van der Waals surface area (Å²) in [6, 6.07) is -28.4. The molecule has 0 radical (unpaired) electrons. The Hall–Kier alpha value is -8.40. The molecule has 1 unspecified atom stereocenters.